The van der Waals surface area contributed by atoms with Crippen LogP contribution in [0.5, 0.6) is 0 Å². The number of nitrogens with one attached hydrogen (secondary N) is 2. The molecule has 20 heavy (non-hydrogen) atoms. The average Bonchev–Trinajstić information content (AvgIpc) is 2.42. The average molecular weight is 287 g/mol. The first kappa shape index (κ1) is 16.7. The van der Waals surface area contributed by atoms with E-state index in [2.05, 4.69) is 15.5 Å². The topological polar surface area (TPSA) is 102 Å². The summed E-state index contributed by atoms with van der Waals surface area (Å²) in [6.07, 6.45) is 2.48. The second-order valence-electron chi connectivity index (χ2n) is 5.36. The number of carbonyl (C=O) groups excluding carboxylic acids is 1. The molecule has 3 atom stereocenters. The summed E-state index contributed by atoms with van der Waals surface area (Å²) in [7, 11) is 0. The molecule has 1 aliphatic rings. The third kappa shape index (κ3) is 5.34. The Morgan fingerprint density at radius 1 is 1.20 bits per heavy atom. The first-order valence-electron chi connectivity index (χ1n) is 7.11. The van der Waals surface area contributed by atoms with E-state index in [9.17, 15) is 14.7 Å². The lowest BCUT2D eigenvalue weighted by Crippen LogP contribution is -2.53. The quantitative estimate of drug-likeness (QED) is 0.550. The SMILES string of the molecule is CC(O)C(NC(=O)NCC(C)N1CCCCC1)C(=O)O. The van der Waals surface area contributed by atoms with Crippen molar-refractivity contribution in [1.29, 1.82) is 0 Å². The van der Waals surface area contributed by atoms with Crippen LogP contribution in [-0.2, 0) is 4.79 Å². The van der Waals surface area contributed by atoms with Crippen molar-refractivity contribution >= 4 is 12.0 Å². The van der Waals surface area contributed by atoms with Gasteiger partial charge in [0.2, 0.25) is 0 Å². The van der Waals surface area contributed by atoms with Gasteiger partial charge >= 0.3 is 12.0 Å². The minimum absolute atomic E-state index is 0.218. The molecule has 116 valence electrons. The van der Waals surface area contributed by atoms with Crippen LogP contribution >= 0.6 is 0 Å². The summed E-state index contributed by atoms with van der Waals surface area (Å²) in [4.78, 5) is 24.8. The fourth-order valence-corrected chi connectivity index (χ4v) is 2.31. The van der Waals surface area contributed by atoms with E-state index in [0.717, 1.165) is 13.1 Å². The predicted octanol–water partition coefficient (Wildman–Crippen LogP) is -0.00600. The highest BCUT2D eigenvalue weighted by Gasteiger charge is 2.25. The Morgan fingerprint density at radius 2 is 1.80 bits per heavy atom. The van der Waals surface area contributed by atoms with E-state index in [1.165, 1.54) is 26.2 Å². The molecular weight excluding hydrogens is 262 g/mol. The second-order valence-corrected chi connectivity index (χ2v) is 5.36. The van der Waals surface area contributed by atoms with E-state index in [4.69, 9.17) is 5.11 Å². The van der Waals surface area contributed by atoms with Crippen molar-refractivity contribution in [2.24, 2.45) is 0 Å². The normalized spacial score (nSPS) is 20.8. The van der Waals surface area contributed by atoms with E-state index in [1.54, 1.807) is 0 Å². The van der Waals surface area contributed by atoms with Gasteiger partial charge in [0.1, 0.15) is 0 Å². The molecule has 1 aliphatic heterocycles. The Labute approximate surface area is 119 Å². The Morgan fingerprint density at radius 3 is 2.30 bits per heavy atom. The first-order valence-corrected chi connectivity index (χ1v) is 7.11. The second kappa shape index (κ2) is 8.06. The summed E-state index contributed by atoms with van der Waals surface area (Å²) in [5.74, 6) is -1.25. The molecule has 0 saturated carbocycles. The van der Waals surface area contributed by atoms with Crippen molar-refractivity contribution in [3.63, 3.8) is 0 Å². The third-order valence-corrected chi connectivity index (χ3v) is 3.61. The highest BCUT2D eigenvalue weighted by molar-refractivity contribution is 5.82. The summed E-state index contributed by atoms with van der Waals surface area (Å²) < 4.78 is 0. The molecular formula is C13H25N3O4. The molecule has 1 heterocycles. The first-order chi connectivity index (χ1) is 9.41. The molecule has 0 aromatic rings. The van der Waals surface area contributed by atoms with E-state index in [-0.39, 0.29) is 6.04 Å². The molecule has 2 amide bonds. The summed E-state index contributed by atoms with van der Waals surface area (Å²) in [6.45, 7) is 5.90. The molecule has 7 heteroatoms. The molecule has 0 aromatic carbocycles. The lowest BCUT2D eigenvalue weighted by Gasteiger charge is -2.32. The van der Waals surface area contributed by atoms with Crippen LogP contribution in [0.25, 0.3) is 0 Å². The van der Waals surface area contributed by atoms with Crippen molar-refractivity contribution in [3.8, 4) is 0 Å². The van der Waals surface area contributed by atoms with Gasteiger partial charge in [-0.3, -0.25) is 4.90 Å². The maximum absolute atomic E-state index is 11.6. The van der Waals surface area contributed by atoms with Crippen LogP contribution in [-0.4, -0.2) is 64.9 Å². The van der Waals surface area contributed by atoms with E-state index >= 15 is 0 Å². The number of carboxylic acids is 1. The van der Waals surface area contributed by atoms with Gasteiger partial charge in [0.25, 0.3) is 0 Å². The van der Waals surface area contributed by atoms with Crippen LogP contribution in [0.1, 0.15) is 33.1 Å². The van der Waals surface area contributed by atoms with Crippen LogP contribution in [0, 0.1) is 0 Å². The minimum atomic E-state index is -1.29. The number of hydrogen-bond acceptors (Lipinski definition) is 4. The zero-order chi connectivity index (χ0) is 15.1. The van der Waals surface area contributed by atoms with Crippen LogP contribution in [0.2, 0.25) is 0 Å². The van der Waals surface area contributed by atoms with E-state index in [1.807, 2.05) is 6.92 Å². The molecule has 0 aliphatic carbocycles. The zero-order valence-corrected chi connectivity index (χ0v) is 12.1. The molecule has 3 unspecified atom stereocenters. The van der Waals surface area contributed by atoms with Gasteiger partial charge in [-0.2, -0.15) is 0 Å². The number of nitrogens with zero attached hydrogens (tertiary/aromatic N) is 1. The summed E-state index contributed by atoms with van der Waals surface area (Å²) >= 11 is 0. The van der Waals surface area contributed by atoms with Gasteiger partial charge in [0.15, 0.2) is 6.04 Å². The maximum Gasteiger partial charge on any atom is 0.328 e. The Kier molecular flexibility index (Phi) is 6.74. The molecule has 1 rings (SSSR count). The van der Waals surface area contributed by atoms with Gasteiger partial charge in [-0.25, -0.2) is 9.59 Å². The molecule has 0 bridgehead atoms. The van der Waals surface area contributed by atoms with Crippen LogP contribution in [0.3, 0.4) is 0 Å². The van der Waals surface area contributed by atoms with Crippen molar-refractivity contribution in [2.45, 2.75) is 51.3 Å². The fraction of sp³-hybridized carbons (Fsp3) is 0.846. The number of aliphatic hydroxyl groups is 1. The Balaban J connectivity index is 2.32. The molecule has 1 saturated heterocycles. The number of urea groups is 1. The molecule has 0 radical (unpaired) electrons. The number of aliphatic carboxylic acids is 1. The molecule has 0 spiro atoms. The van der Waals surface area contributed by atoms with Gasteiger partial charge in [-0.05, 0) is 39.8 Å². The summed E-state index contributed by atoms with van der Waals surface area (Å²) in [5.41, 5.74) is 0. The number of piperidine rings is 1. The fourth-order valence-electron chi connectivity index (χ4n) is 2.31. The number of aliphatic hydroxyl groups excluding tert-OH is 1. The minimum Gasteiger partial charge on any atom is -0.480 e. The Bertz CT molecular complexity index is 330. The number of amides is 2. The molecule has 1 fully saturated rings. The van der Waals surface area contributed by atoms with Crippen molar-refractivity contribution in [1.82, 2.24) is 15.5 Å². The van der Waals surface area contributed by atoms with Gasteiger partial charge in [0, 0.05) is 12.6 Å². The number of carboxylic acid groups (broad SMARTS) is 1. The van der Waals surface area contributed by atoms with Crippen molar-refractivity contribution in [2.75, 3.05) is 19.6 Å². The van der Waals surface area contributed by atoms with Gasteiger partial charge in [-0.15, -0.1) is 0 Å². The van der Waals surface area contributed by atoms with Gasteiger partial charge in [-0.1, -0.05) is 6.42 Å². The number of likely N-dealkylation sites (tertiary alicyclic amines) is 1. The van der Waals surface area contributed by atoms with E-state index in [0.29, 0.717) is 6.54 Å². The van der Waals surface area contributed by atoms with Crippen LogP contribution in [0.15, 0.2) is 0 Å². The Hall–Kier alpha value is -1.34. The van der Waals surface area contributed by atoms with Crippen molar-refractivity contribution in [3.05, 3.63) is 0 Å². The predicted molar refractivity (Wildman–Crippen MR) is 74.5 cm³/mol. The largest absolute Gasteiger partial charge is 0.480 e. The van der Waals surface area contributed by atoms with E-state index < -0.39 is 24.1 Å². The maximum atomic E-state index is 11.6. The van der Waals surface area contributed by atoms with Crippen molar-refractivity contribution < 1.29 is 19.8 Å². The number of carbonyl (C=O) groups is 2. The standard InChI is InChI=1S/C13H25N3O4/c1-9(16-6-4-3-5-7-16)8-14-13(20)15-11(10(2)17)12(18)19/h9-11,17H,3-8H2,1-2H3,(H,18,19)(H2,14,15,20). The monoisotopic (exact) mass is 287 g/mol. The molecule has 0 aromatic heterocycles. The molecule has 7 nitrogen and oxygen atoms in total. The van der Waals surface area contributed by atoms with Crippen LogP contribution in [0.4, 0.5) is 4.79 Å². The highest BCUT2D eigenvalue weighted by Crippen LogP contribution is 2.11. The lowest BCUT2D eigenvalue weighted by atomic mass is 10.1. The third-order valence-electron chi connectivity index (χ3n) is 3.61. The zero-order valence-electron chi connectivity index (χ0n) is 12.1. The summed E-state index contributed by atoms with van der Waals surface area (Å²) in [5, 5.41) is 23.1. The van der Waals surface area contributed by atoms with Crippen LogP contribution < -0.4 is 10.6 Å². The lowest BCUT2D eigenvalue weighted by molar-refractivity contribution is -0.141. The smallest absolute Gasteiger partial charge is 0.328 e. The van der Waals surface area contributed by atoms with Gasteiger partial charge in [0.05, 0.1) is 6.10 Å². The molecule has 4 N–H and O–H groups in total. The highest BCUT2D eigenvalue weighted by atomic mass is 16.4. The number of hydrogen-bond donors (Lipinski definition) is 4. The number of rotatable bonds is 6. The van der Waals surface area contributed by atoms with Gasteiger partial charge < -0.3 is 20.8 Å². The summed E-state index contributed by atoms with van der Waals surface area (Å²) in [6, 6.07) is -1.64.